The number of carbonyl (C=O) groups excluding carboxylic acids is 2. The zero-order valence-corrected chi connectivity index (χ0v) is 27.4. The van der Waals surface area contributed by atoms with Gasteiger partial charge >= 0.3 is 0 Å². The SMILES string of the molecule is COc1ccccc1N(CCCC(=O)N(Cc1ccc(Cl)cc1Cl)[C@H](Cc1ccccc1)C(=O)NC1CCCC1)S(C)(=O)=O. The average molecular weight is 661 g/mol. The second-order valence-electron chi connectivity index (χ2n) is 11.1. The molecule has 3 aromatic rings. The van der Waals surface area contributed by atoms with Crippen molar-refractivity contribution in [3.63, 3.8) is 0 Å². The van der Waals surface area contributed by atoms with Gasteiger partial charge in [-0.3, -0.25) is 13.9 Å². The number of nitrogens with one attached hydrogen (secondary N) is 1. The Morgan fingerprint density at radius 2 is 1.68 bits per heavy atom. The van der Waals surface area contributed by atoms with Crippen LogP contribution in [0.25, 0.3) is 0 Å². The number of halogens is 2. The number of benzene rings is 3. The lowest BCUT2D eigenvalue weighted by atomic mass is 10.0. The second kappa shape index (κ2) is 15.6. The van der Waals surface area contributed by atoms with Crippen LogP contribution < -0.4 is 14.4 Å². The molecule has 11 heteroatoms. The summed E-state index contributed by atoms with van der Waals surface area (Å²) in [6.45, 7) is 0.144. The number of para-hydroxylation sites is 2. The van der Waals surface area contributed by atoms with Crippen molar-refractivity contribution in [2.24, 2.45) is 0 Å². The van der Waals surface area contributed by atoms with Gasteiger partial charge in [0.15, 0.2) is 0 Å². The number of hydrogen-bond donors (Lipinski definition) is 1. The van der Waals surface area contributed by atoms with Gasteiger partial charge in [-0.25, -0.2) is 8.42 Å². The van der Waals surface area contributed by atoms with Crippen LogP contribution in [0.3, 0.4) is 0 Å². The van der Waals surface area contributed by atoms with Crippen LogP contribution in [-0.2, 0) is 32.6 Å². The highest BCUT2D eigenvalue weighted by molar-refractivity contribution is 7.92. The van der Waals surface area contributed by atoms with Crippen molar-refractivity contribution < 1.29 is 22.7 Å². The summed E-state index contributed by atoms with van der Waals surface area (Å²) in [4.78, 5) is 29.5. The molecule has 2 amide bonds. The van der Waals surface area contributed by atoms with E-state index in [2.05, 4.69) is 5.32 Å². The average Bonchev–Trinajstić information content (AvgIpc) is 3.51. The van der Waals surface area contributed by atoms with Crippen molar-refractivity contribution in [1.29, 1.82) is 0 Å². The maximum atomic E-state index is 14.1. The third kappa shape index (κ3) is 9.13. The van der Waals surface area contributed by atoms with Gasteiger partial charge in [0.1, 0.15) is 11.8 Å². The Morgan fingerprint density at radius 3 is 2.34 bits per heavy atom. The number of sulfonamides is 1. The second-order valence-corrected chi connectivity index (χ2v) is 13.8. The highest BCUT2D eigenvalue weighted by Crippen LogP contribution is 2.30. The molecule has 0 heterocycles. The van der Waals surface area contributed by atoms with Crippen LogP contribution in [0, 0.1) is 0 Å². The predicted molar refractivity (Wildman–Crippen MR) is 176 cm³/mol. The van der Waals surface area contributed by atoms with Crippen LogP contribution in [0.1, 0.15) is 49.7 Å². The molecule has 0 bridgehead atoms. The fraction of sp³-hybridized carbons (Fsp3) is 0.394. The van der Waals surface area contributed by atoms with Gasteiger partial charge in [-0.1, -0.05) is 84.6 Å². The van der Waals surface area contributed by atoms with Crippen LogP contribution in [0.2, 0.25) is 10.0 Å². The van der Waals surface area contributed by atoms with Gasteiger partial charge in [0.2, 0.25) is 21.8 Å². The largest absolute Gasteiger partial charge is 0.495 e. The molecule has 1 atom stereocenters. The smallest absolute Gasteiger partial charge is 0.243 e. The van der Waals surface area contributed by atoms with E-state index in [1.807, 2.05) is 30.3 Å². The molecule has 8 nitrogen and oxygen atoms in total. The van der Waals surface area contributed by atoms with Crippen molar-refractivity contribution in [2.75, 3.05) is 24.2 Å². The van der Waals surface area contributed by atoms with Crippen LogP contribution in [0.5, 0.6) is 5.75 Å². The third-order valence-corrected chi connectivity index (χ3v) is 9.60. The Morgan fingerprint density at radius 1 is 1.00 bits per heavy atom. The molecule has 3 aromatic carbocycles. The minimum Gasteiger partial charge on any atom is -0.495 e. The van der Waals surface area contributed by atoms with E-state index in [0.717, 1.165) is 37.5 Å². The number of amides is 2. The Labute approximate surface area is 270 Å². The Balaban J connectivity index is 1.62. The van der Waals surface area contributed by atoms with E-state index in [9.17, 15) is 18.0 Å². The van der Waals surface area contributed by atoms with E-state index in [4.69, 9.17) is 27.9 Å². The summed E-state index contributed by atoms with van der Waals surface area (Å²) in [5.41, 5.74) is 1.97. The summed E-state index contributed by atoms with van der Waals surface area (Å²) < 4.78 is 32.2. The lowest BCUT2D eigenvalue weighted by Gasteiger charge is -2.33. The fourth-order valence-corrected chi connectivity index (χ4v) is 7.01. The maximum absolute atomic E-state index is 14.1. The number of ether oxygens (including phenoxy) is 1. The van der Waals surface area contributed by atoms with Crippen LogP contribution >= 0.6 is 23.2 Å². The molecule has 236 valence electrons. The lowest BCUT2D eigenvalue weighted by molar-refractivity contribution is -0.141. The molecule has 1 saturated carbocycles. The monoisotopic (exact) mass is 659 g/mol. The van der Waals surface area contributed by atoms with E-state index in [-0.39, 0.29) is 43.8 Å². The number of nitrogens with zero attached hydrogens (tertiary/aromatic N) is 2. The maximum Gasteiger partial charge on any atom is 0.243 e. The highest BCUT2D eigenvalue weighted by atomic mass is 35.5. The molecule has 0 aliphatic heterocycles. The number of carbonyl (C=O) groups is 2. The van der Waals surface area contributed by atoms with Gasteiger partial charge in [-0.05, 0) is 54.7 Å². The van der Waals surface area contributed by atoms with E-state index in [1.54, 1.807) is 47.4 Å². The summed E-state index contributed by atoms with van der Waals surface area (Å²) >= 11 is 12.7. The molecule has 44 heavy (non-hydrogen) atoms. The summed E-state index contributed by atoms with van der Waals surface area (Å²) in [6.07, 6.45) is 5.59. The molecule has 1 aliphatic rings. The molecule has 1 aliphatic carbocycles. The lowest BCUT2D eigenvalue weighted by Crippen LogP contribution is -2.52. The molecule has 0 saturated heterocycles. The van der Waals surface area contributed by atoms with Gasteiger partial charge in [0.25, 0.3) is 0 Å². The number of anilines is 1. The van der Waals surface area contributed by atoms with Gasteiger partial charge in [-0.15, -0.1) is 0 Å². The molecule has 1 fully saturated rings. The predicted octanol–water partition coefficient (Wildman–Crippen LogP) is 6.25. The Bertz CT molecular complexity index is 1530. The van der Waals surface area contributed by atoms with Crippen LogP contribution in [0.15, 0.2) is 72.8 Å². The van der Waals surface area contributed by atoms with Gasteiger partial charge in [-0.2, -0.15) is 0 Å². The van der Waals surface area contributed by atoms with Crippen LogP contribution in [0.4, 0.5) is 5.69 Å². The number of methoxy groups -OCH3 is 1. The minimum absolute atomic E-state index is 0.00831. The Hall–Kier alpha value is -3.27. The van der Waals surface area contributed by atoms with Crippen LogP contribution in [-0.4, -0.2) is 57.1 Å². The third-order valence-electron chi connectivity index (χ3n) is 7.83. The molecular formula is C33H39Cl2N3O5S. The van der Waals surface area contributed by atoms with Gasteiger partial charge < -0.3 is 15.0 Å². The van der Waals surface area contributed by atoms with Crippen molar-refractivity contribution in [3.05, 3.63) is 94.0 Å². The molecule has 0 radical (unpaired) electrons. The van der Waals surface area contributed by atoms with E-state index in [1.165, 1.54) is 11.4 Å². The molecule has 0 spiro atoms. The van der Waals surface area contributed by atoms with Gasteiger partial charge in [0, 0.05) is 42.0 Å². The van der Waals surface area contributed by atoms with E-state index >= 15 is 0 Å². The zero-order valence-electron chi connectivity index (χ0n) is 25.0. The molecule has 4 rings (SSSR count). The van der Waals surface area contributed by atoms with Crippen molar-refractivity contribution >= 4 is 50.7 Å². The van der Waals surface area contributed by atoms with Crippen molar-refractivity contribution in [2.45, 2.75) is 63.6 Å². The first-order valence-corrected chi connectivity index (χ1v) is 17.4. The number of rotatable bonds is 14. The topological polar surface area (TPSA) is 96.0 Å². The summed E-state index contributed by atoms with van der Waals surface area (Å²) in [6, 6.07) is 20.8. The van der Waals surface area contributed by atoms with E-state index in [0.29, 0.717) is 33.5 Å². The van der Waals surface area contributed by atoms with Gasteiger partial charge in [0.05, 0.1) is 19.1 Å². The molecule has 0 aromatic heterocycles. The first-order valence-electron chi connectivity index (χ1n) is 14.7. The summed E-state index contributed by atoms with van der Waals surface area (Å²) in [5.74, 6) is -0.0901. The Kier molecular flexibility index (Phi) is 11.9. The zero-order chi connectivity index (χ0) is 31.7. The first-order chi connectivity index (χ1) is 21.1. The summed E-state index contributed by atoms with van der Waals surface area (Å²) in [5, 5.41) is 4.04. The van der Waals surface area contributed by atoms with E-state index < -0.39 is 16.1 Å². The highest BCUT2D eigenvalue weighted by Gasteiger charge is 2.32. The fourth-order valence-electron chi connectivity index (χ4n) is 5.57. The molecule has 0 unspecified atom stereocenters. The normalized spacial score (nSPS) is 14.2. The standard InChI is InChI=1S/C33H39Cl2N3O5S/c1-43-31-16-9-8-15-29(31)38(44(2,41)42)20-10-17-32(39)37(23-25-18-19-26(34)22-28(25)35)30(21-24-11-4-3-5-12-24)33(40)36-27-13-6-7-14-27/h3-5,8-9,11-12,15-16,18-19,22,27,30H,6-7,10,13-14,17,20-21,23H2,1-2H3,(H,36,40)/t30-/m1/s1. The summed E-state index contributed by atoms with van der Waals surface area (Å²) in [7, 11) is -2.20. The minimum atomic E-state index is -3.68. The molecular weight excluding hydrogens is 621 g/mol. The quantitative estimate of drug-likeness (QED) is 0.221. The first kappa shape index (κ1) is 33.6. The number of hydrogen-bond acceptors (Lipinski definition) is 5. The van der Waals surface area contributed by atoms with Crippen molar-refractivity contribution in [3.8, 4) is 5.75 Å². The molecule has 1 N–H and O–H groups in total. The van der Waals surface area contributed by atoms with Crippen molar-refractivity contribution in [1.82, 2.24) is 10.2 Å².